The molecule has 0 aliphatic heterocycles. The van der Waals surface area contributed by atoms with E-state index in [-0.39, 0.29) is 0 Å². The molecule has 0 saturated heterocycles. The predicted octanol–water partition coefficient (Wildman–Crippen LogP) is 3.39. The average Bonchev–Trinajstić information content (AvgIpc) is 2.80. The number of aryl methyl sites for hydroxylation is 1. The summed E-state index contributed by atoms with van der Waals surface area (Å²) in [7, 11) is 0. The highest BCUT2D eigenvalue weighted by Gasteiger charge is 2.07. The topological polar surface area (TPSA) is 52.0 Å². The zero-order valence-corrected chi connectivity index (χ0v) is 9.47. The number of benzene rings is 2. The highest BCUT2D eigenvalue weighted by Crippen LogP contribution is 2.29. The van der Waals surface area contributed by atoms with Crippen molar-refractivity contribution in [2.45, 2.75) is 6.92 Å². The van der Waals surface area contributed by atoms with Gasteiger partial charge >= 0.3 is 0 Å². The number of fused-ring (bicyclic) bond motifs is 1. The molecule has 2 aromatic carbocycles. The highest BCUT2D eigenvalue weighted by molar-refractivity contribution is 5.91. The molecule has 0 amide bonds. The van der Waals surface area contributed by atoms with Crippen molar-refractivity contribution >= 4 is 16.8 Å². The van der Waals surface area contributed by atoms with Gasteiger partial charge in [-0.2, -0.15) is 0 Å². The van der Waals surface area contributed by atoms with Crippen molar-refractivity contribution in [3.63, 3.8) is 0 Å². The van der Waals surface area contributed by atoms with Crippen LogP contribution in [0.1, 0.15) is 5.56 Å². The van der Waals surface area contributed by atoms with Crippen LogP contribution in [0.2, 0.25) is 0 Å². The first kappa shape index (κ1) is 9.90. The molecule has 1 aromatic heterocycles. The Kier molecular flexibility index (Phi) is 2.11. The average molecular weight is 224 g/mol. The number of hydrogen-bond donors (Lipinski definition) is 1. The Morgan fingerprint density at radius 2 is 2.06 bits per heavy atom. The third-order valence-corrected chi connectivity index (χ3v) is 2.95. The summed E-state index contributed by atoms with van der Waals surface area (Å²) in [6, 6.07) is 11.9. The van der Waals surface area contributed by atoms with Gasteiger partial charge in [0.15, 0.2) is 12.0 Å². The zero-order valence-electron chi connectivity index (χ0n) is 9.47. The Morgan fingerprint density at radius 3 is 2.88 bits per heavy atom. The van der Waals surface area contributed by atoms with Crippen LogP contribution in [-0.2, 0) is 0 Å². The number of aromatic nitrogens is 1. The molecule has 0 unspecified atom stereocenters. The molecule has 3 nitrogen and oxygen atoms in total. The van der Waals surface area contributed by atoms with Crippen LogP contribution in [0, 0.1) is 6.92 Å². The zero-order chi connectivity index (χ0) is 11.8. The number of hydrogen-bond acceptors (Lipinski definition) is 3. The Labute approximate surface area is 98.9 Å². The Morgan fingerprint density at radius 1 is 1.18 bits per heavy atom. The second kappa shape index (κ2) is 3.63. The third-order valence-electron chi connectivity index (χ3n) is 2.95. The number of para-hydroxylation sites is 1. The van der Waals surface area contributed by atoms with Crippen LogP contribution in [0.5, 0.6) is 0 Å². The minimum atomic E-state index is 0.793. The van der Waals surface area contributed by atoms with E-state index >= 15 is 0 Å². The van der Waals surface area contributed by atoms with Crippen LogP contribution in [0.25, 0.3) is 22.2 Å². The summed E-state index contributed by atoms with van der Waals surface area (Å²) in [4.78, 5) is 4.24. The van der Waals surface area contributed by atoms with Gasteiger partial charge in [-0.25, -0.2) is 4.98 Å². The van der Waals surface area contributed by atoms with Gasteiger partial charge in [0, 0.05) is 11.3 Å². The second-order valence-corrected chi connectivity index (χ2v) is 4.08. The molecule has 0 spiro atoms. The molecule has 0 radical (unpaired) electrons. The Bertz CT molecular complexity index is 686. The molecular formula is C14H12N2O. The van der Waals surface area contributed by atoms with Gasteiger partial charge in [0.2, 0.25) is 0 Å². The number of anilines is 1. The molecule has 0 aliphatic rings. The third kappa shape index (κ3) is 1.56. The summed E-state index contributed by atoms with van der Waals surface area (Å²) in [6.07, 6.45) is 1.46. The first-order valence-electron chi connectivity index (χ1n) is 5.44. The maximum atomic E-state index is 5.93. The quantitative estimate of drug-likeness (QED) is 0.644. The van der Waals surface area contributed by atoms with E-state index in [2.05, 4.69) is 11.1 Å². The lowest BCUT2D eigenvalue weighted by atomic mass is 10.0. The van der Waals surface area contributed by atoms with Gasteiger partial charge in [-0.1, -0.05) is 24.3 Å². The standard InChI is InChI=1S/C14H12N2O/c1-9-5-6-10(7-12(9)15)11-3-2-4-13-14(11)16-8-17-13/h2-8H,15H2,1H3. The molecule has 2 N–H and O–H groups in total. The largest absolute Gasteiger partial charge is 0.443 e. The molecule has 0 saturated carbocycles. The maximum absolute atomic E-state index is 5.93. The van der Waals surface area contributed by atoms with Crippen molar-refractivity contribution in [3.8, 4) is 11.1 Å². The van der Waals surface area contributed by atoms with Gasteiger partial charge in [0.05, 0.1) is 0 Å². The molecule has 17 heavy (non-hydrogen) atoms. The van der Waals surface area contributed by atoms with Crippen LogP contribution in [0.3, 0.4) is 0 Å². The Balaban J connectivity index is 2.26. The molecule has 84 valence electrons. The minimum Gasteiger partial charge on any atom is -0.443 e. The van der Waals surface area contributed by atoms with Gasteiger partial charge in [-0.3, -0.25) is 0 Å². The normalized spacial score (nSPS) is 10.9. The fraction of sp³-hybridized carbons (Fsp3) is 0.0714. The van der Waals surface area contributed by atoms with Crippen molar-refractivity contribution in [1.29, 1.82) is 0 Å². The van der Waals surface area contributed by atoms with Gasteiger partial charge in [-0.15, -0.1) is 0 Å². The summed E-state index contributed by atoms with van der Waals surface area (Å²) in [6.45, 7) is 2.00. The molecule has 1 heterocycles. The first-order chi connectivity index (χ1) is 8.25. The van der Waals surface area contributed by atoms with Gasteiger partial charge in [-0.05, 0) is 30.2 Å². The van der Waals surface area contributed by atoms with Crippen molar-refractivity contribution in [2.24, 2.45) is 0 Å². The van der Waals surface area contributed by atoms with Crippen molar-refractivity contribution in [2.75, 3.05) is 5.73 Å². The monoisotopic (exact) mass is 224 g/mol. The molecule has 0 bridgehead atoms. The van der Waals surface area contributed by atoms with Crippen LogP contribution in [-0.4, -0.2) is 4.98 Å². The molecule has 3 rings (SSSR count). The number of oxazole rings is 1. The number of nitrogen functional groups attached to an aromatic ring is 1. The number of rotatable bonds is 1. The molecular weight excluding hydrogens is 212 g/mol. The smallest absolute Gasteiger partial charge is 0.182 e. The van der Waals surface area contributed by atoms with Gasteiger partial charge in [0.1, 0.15) is 5.52 Å². The summed E-state index contributed by atoms with van der Waals surface area (Å²) in [5.74, 6) is 0. The van der Waals surface area contributed by atoms with Crippen LogP contribution in [0.15, 0.2) is 47.2 Å². The molecule has 3 heteroatoms. The SMILES string of the molecule is Cc1ccc(-c2cccc3ocnc23)cc1N. The van der Waals surface area contributed by atoms with E-state index in [0.29, 0.717) is 0 Å². The lowest BCUT2D eigenvalue weighted by Gasteiger charge is -2.05. The molecule has 0 fully saturated rings. The van der Waals surface area contributed by atoms with E-state index in [4.69, 9.17) is 10.2 Å². The fourth-order valence-electron chi connectivity index (χ4n) is 1.93. The highest BCUT2D eigenvalue weighted by atomic mass is 16.3. The van der Waals surface area contributed by atoms with E-state index in [1.807, 2.05) is 37.3 Å². The van der Waals surface area contributed by atoms with Gasteiger partial charge in [0.25, 0.3) is 0 Å². The minimum absolute atomic E-state index is 0.793. The van der Waals surface area contributed by atoms with Crippen molar-refractivity contribution in [1.82, 2.24) is 4.98 Å². The van der Waals surface area contributed by atoms with Crippen LogP contribution >= 0.6 is 0 Å². The maximum Gasteiger partial charge on any atom is 0.182 e. The van der Waals surface area contributed by atoms with Crippen molar-refractivity contribution in [3.05, 3.63) is 48.4 Å². The summed E-state index contributed by atoms with van der Waals surface area (Å²) in [5.41, 5.74) is 11.6. The molecule has 0 aliphatic carbocycles. The molecule has 3 aromatic rings. The van der Waals surface area contributed by atoms with Gasteiger partial charge < -0.3 is 10.2 Å². The number of nitrogens with two attached hydrogens (primary N) is 1. The first-order valence-corrected chi connectivity index (χ1v) is 5.44. The predicted molar refractivity (Wildman–Crippen MR) is 68.6 cm³/mol. The lowest BCUT2D eigenvalue weighted by molar-refractivity contribution is 0.602. The summed E-state index contributed by atoms with van der Waals surface area (Å²) >= 11 is 0. The van der Waals surface area contributed by atoms with E-state index < -0.39 is 0 Å². The van der Waals surface area contributed by atoms with E-state index in [0.717, 1.165) is 33.5 Å². The lowest BCUT2D eigenvalue weighted by Crippen LogP contribution is -1.90. The van der Waals surface area contributed by atoms with Crippen LogP contribution in [0.4, 0.5) is 5.69 Å². The fourth-order valence-corrected chi connectivity index (χ4v) is 1.93. The molecule has 0 atom stereocenters. The van der Waals surface area contributed by atoms with Crippen LogP contribution < -0.4 is 5.73 Å². The summed E-state index contributed by atoms with van der Waals surface area (Å²) < 4.78 is 5.29. The van der Waals surface area contributed by atoms with E-state index in [1.54, 1.807) is 0 Å². The van der Waals surface area contributed by atoms with Crippen molar-refractivity contribution < 1.29 is 4.42 Å². The summed E-state index contributed by atoms with van der Waals surface area (Å²) in [5, 5.41) is 0. The number of nitrogens with zero attached hydrogens (tertiary/aromatic N) is 1. The Hall–Kier alpha value is -2.29. The van der Waals surface area contributed by atoms with E-state index in [1.165, 1.54) is 6.39 Å². The second-order valence-electron chi connectivity index (χ2n) is 4.08. The van der Waals surface area contributed by atoms with E-state index in [9.17, 15) is 0 Å².